The predicted molar refractivity (Wildman–Crippen MR) is 97.5 cm³/mol. The molecule has 1 saturated heterocycles. The number of carbonyl (C=O) groups excluding carboxylic acids is 2. The van der Waals surface area contributed by atoms with Crippen molar-refractivity contribution >= 4 is 40.1 Å². The topological polar surface area (TPSA) is 114 Å². The highest BCUT2D eigenvalue weighted by Gasteiger charge is 2.34. The average Bonchev–Trinajstić information content (AvgIpc) is 3.25. The summed E-state index contributed by atoms with van der Waals surface area (Å²) in [7, 11) is 1.40. The van der Waals surface area contributed by atoms with Gasteiger partial charge < -0.3 is 15.0 Å². The van der Waals surface area contributed by atoms with E-state index in [0.29, 0.717) is 10.9 Å². The number of aliphatic imine (C=N–C) groups is 1. The summed E-state index contributed by atoms with van der Waals surface area (Å²) in [6.45, 7) is 1.74. The van der Waals surface area contributed by atoms with Gasteiger partial charge in [0.25, 0.3) is 11.6 Å². The van der Waals surface area contributed by atoms with Gasteiger partial charge in [0.1, 0.15) is 16.7 Å². The lowest BCUT2D eigenvalue weighted by Crippen LogP contribution is -2.25. The molecule has 26 heavy (non-hydrogen) atoms. The largest absolute Gasteiger partial charge is 0.496 e. The molecule has 9 nitrogen and oxygen atoms in total. The van der Waals surface area contributed by atoms with Crippen molar-refractivity contribution in [3.63, 3.8) is 0 Å². The van der Waals surface area contributed by atoms with Gasteiger partial charge in [0.05, 0.1) is 18.1 Å². The molecule has 2 heterocycles. The second-order valence-electron chi connectivity index (χ2n) is 5.93. The van der Waals surface area contributed by atoms with Crippen LogP contribution in [-0.2, 0) is 9.59 Å². The molecular weight excluding hydrogens is 360 g/mol. The summed E-state index contributed by atoms with van der Waals surface area (Å²) in [4.78, 5) is 41.0. The number of carbonyl (C=O) groups is 2. The standard InChI is InChI=1S/C16H18N4O5S/c1-25-10-4-5-11(12(8-10)20(23)24)17-14(21)9-13-15(22)18-16(26-13)19-6-2-3-7-19/h4-5,8,13H,2-3,6-7,9H2,1H3,(H,17,21)/t13-/m0/s1. The van der Waals surface area contributed by atoms with Crippen LogP contribution in [-0.4, -0.2) is 52.3 Å². The van der Waals surface area contributed by atoms with Gasteiger partial charge in [0, 0.05) is 19.5 Å². The second kappa shape index (κ2) is 7.73. The summed E-state index contributed by atoms with van der Waals surface area (Å²) < 4.78 is 4.96. The molecule has 2 aliphatic rings. The van der Waals surface area contributed by atoms with Crippen molar-refractivity contribution in [3.05, 3.63) is 28.3 Å². The SMILES string of the molecule is COc1ccc(NC(=O)C[C@@H]2SC(N3CCCC3)=NC2=O)c([N+](=O)[O-])c1. The molecule has 0 aliphatic carbocycles. The van der Waals surface area contributed by atoms with E-state index in [1.54, 1.807) is 0 Å². The molecule has 1 aromatic carbocycles. The third-order valence-corrected chi connectivity index (χ3v) is 5.37. The minimum Gasteiger partial charge on any atom is -0.496 e. The molecule has 1 N–H and O–H groups in total. The number of anilines is 1. The van der Waals surface area contributed by atoms with E-state index in [-0.39, 0.29) is 23.7 Å². The molecular formula is C16H18N4O5S. The van der Waals surface area contributed by atoms with Gasteiger partial charge in [0.2, 0.25) is 5.91 Å². The van der Waals surface area contributed by atoms with Crippen LogP contribution in [0.3, 0.4) is 0 Å². The molecule has 10 heteroatoms. The number of methoxy groups -OCH3 is 1. The van der Waals surface area contributed by atoms with Gasteiger partial charge in [-0.15, -0.1) is 0 Å². The Balaban J connectivity index is 1.63. The minimum atomic E-state index is -0.595. The summed E-state index contributed by atoms with van der Waals surface area (Å²) in [5, 5.41) is 13.8. The average molecular weight is 378 g/mol. The molecule has 2 amide bonds. The Bertz CT molecular complexity index is 776. The first kappa shape index (κ1) is 18.2. The predicted octanol–water partition coefficient (Wildman–Crippen LogP) is 2.03. The number of hydrogen-bond acceptors (Lipinski definition) is 7. The van der Waals surface area contributed by atoms with Gasteiger partial charge in [0.15, 0.2) is 5.17 Å². The number of rotatable bonds is 5. The van der Waals surface area contributed by atoms with Crippen LogP contribution in [0.5, 0.6) is 5.75 Å². The van der Waals surface area contributed by atoms with Crippen LogP contribution in [0.4, 0.5) is 11.4 Å². The number of nitro benzene ring substituents is 1. The lowest BCUT2D eigenvalue weighted by atomic mass is 10.2. The van der Waals surface area contributed by atoms with Crippen molar-refractivity contribution in [2.24, 2.45) is 4.99 Å². The molecule has 3 rings (SSSR count). The molecule has 1 fully saturated rings. The Kier molecular flexibility index (Phi) is 5.40. The fourth-order valence-electron chi connectivity index (χ4n) is 2.82. The first-order valence-corrected chi connectivity index (χ1v) is 9.02. The van der Waals surface area contributed by atoms with Crippen molar-refractivity contribution < 1.29 is 19.2 Å². The van der Waals surface area contributed by atoms with E-state index in [0.717, 1.165) is 25.9 Å². The van der Waals surface area contributed by atoms with E-state index in [4.69, 9.17) is 4.74 Å². The third-order valence-electron chi connectivity index (χ3n) is 4.15. The van der Waals surface area contributed by atoms with Crippen LogP contribution in [0.25, 0.3) is 0 Å². The quantitative estimate of drug-likeness (QED) is 0.616. The highest BCUT2D eigenvalue weighted by Crippen LogP contribution is 2.31. The molecule has 1 atom stereocenters. The molecule has 0 radical (unpaired) electrons. The van der Waals surface area contributed by atoms with Crippen molar-refractivity contribution in [2.45, 2.75) is 24.5 Å². The summed E-state index contributed by atoms with van der Waals surface area (Å²) >= 11 is 1.28. The Labute approximate surface area is 153 Å². The lowest BCUT2D eigenvalue weighted by Gasteiger charge is -2.16. The Morgan fingerprint density at radius 1 is 1.46 bits per heavy atom. The smallest absolute Gasteiger partial charge is 0.296 e. The summed E-state index contributed by atoms with van der Waals surface area (Å²) in [6, 6.07) is 4.16. The summed E-state index contributed by atoms with van der Waals surface area (Å²) in [5.41, 5.74) is -0.200. The van der Waals surface area contributed by atoms with Gasteiger partial charge in [-0.05, 0) is 25.0 Å². The fraction of sp³-hybridized carbons (Fsp3) is 0.438. The number of ether oxygens (including phenoxy) is 1. The maximum atomic E-state index is 12.3. The number of amides is 2. The number of likely N-dealkylation sites (tertiary alicyclic amines) is 1. The molecule has 2 aliphatic heterocycles. The number of nitrogens with zero attached hydrogens (tertiary/aromatic N) is 3. The number of nitro groups is 1. The van der Waals surface area contributed by atoms with E-state index in [9.17, 15) is 19.7 Å². The van der Waals surface area contributed by atoms with Crippen LogP contribution in [0.1, 0.15) is 19.3 Å². The highest BCUT2D eigenvalue weighted by molar-refractivity contribution is 8.15. The lowest BCUT2D eigenvalue weighted by molar-refractivity contribution is -0.384. The van der Waals surface area contributed by atoms with Crippen molar-refractivity contribution in [2.75, 3.05) is 25.5 Å². The molecule has 0 saturated carbocycles. The van der Waals surface area contributed by atoms with Gasteiger partial charge >= 0.3 is 0 Å². The first-order chi connectivity index (χ1) is 12.5. The van der Waals surface area contributed by atoms with Crippen molar-refractivity contribution in [1.29, 1.82) is 0 Å². The fourth-order valence-corrected chi connectivity index (χ4v) is 3.93. The third kappa shape index (κ3) is 3.96. The Hall–Kier alpha value is -2.62. The van der Waals surface area contributed by atoms with E-state index in [1.807, 2.05) is 0 Å². The number of hydrogen-bond donors (Lipinski definition) is 1. The van der Waals surface area contributed by atoms with Gasteiger partial charge in [-0.3, -0.25) is 19.7 Å². The normalized spacial score (nSPS) is 19.4. The van der Waals surface area contributed by atoms with E-state index >= 15 is 0 Å². The van der Waals surface area contributed by atoms with Crippen LogP contribution in [0, 0.1) is 10.1 Å². The summed E-state index contributed by atoms with van der Waals surface area (Å²) in [6.07, 6.45) is 2.05. The number of nitrogens with one attached hydrogen (secondary N) is 1. The Morgan fingerprint density at radius 2 is 2.19 bits per heavy atom. The number of thioether (sulfide) groups is 1. The second-order valence-corrected chi connectivity index (χ2v) is 7.10. The van der Waals surface area contributed by atoms with Crippen LogP contribution in [0.15, 0.2) is 23.2 Å². The maximum absolute atomic E-state index is 12.3. The van der Waals surface area contributed by atoms with Gasteiger partial charge in [-0.25, -0.2) is 0 Å². The van der Waals surface area contributed by atoms with E-state index in [2.05, 4.69) is 15.2 Å². The minimum absolute atomic E-state index is 0.0666. The first-order valence-electron chi connectivity index (χ1n) is 8.14. The van der Waals surface area contributed by atoms with Gasteiger partial charge in [-0.2, -0.15) is 4.99 Å². The zero-order valence-corrected chi connectivity index (χ0v) is 15.0. The summed E-state index contributed by atoms with van der Waals surface area (Å²) in [5.74, 6) is -0.488. The van der Waals surface area contributed by atoms with Crippen molar-refractivity contribution in [1.82, 2.24) is 4.90 Å². The molecule has 138 valence electrons. The highest BCUT2D eigenvalue weighted by atomic mass is 32.2. The van der Waals surface area contributed by atoms with Crippen LogP contribution < -0.4 is 10.1 Å². The van der Waals surface area contributed by atoms with E-state index < -0.39 is 16.1 Å². The molecule has 0 bridgehead atoms. The monoisotopic (exact) mass is 378 g/mol. The van der Waals surface area contributed by atoms with Crippen LogP contribution in [0.2, 0.25) is 0 Å². The van der Waals surface area contributed by atoms with Crippen LogP contribution >= 0.6 is 11.8 Å². The Morgan fingerprint density at radius 3 is 2.85 bits per heavy atom. The maximum Gasteiger partial charge on any atom is 0.296 e. The molecule has 0 unspecified atom stereocenters. The van der Waals surface area contributed by atoms with Gasteiger partial charge in [-0.1, -0.05) is 11.8 Å². The molecule has 1 aromatic rings. The molecule has 0 aromatic heterocycles. The zero-order valence-electron chi connectivity index (χ0n) is 14.1. The number of amidine groups is 1. The number of benzene rings is 1. The molecule has 0 spiro atoms. The van der Waals surface area contributed by atoms with E-state index in [1.165, 1.54) is 37.1 Å². The van der Waals surface area contributed by atoms with Crippen molar-refractivity contribution in [3.8, 4) is 5.75 Å². The zero-order chi connectivity index (χ0) is 18.7.